The summed E-state index contributed by atoms with van der Waals surface area (Å²) in [6.45, 7) is 2.68. The Bertz CT molecular complexity index is 355. The van der Waals surface area contributed by atoms with Gasteiger partial charge >= 0.3 is 5.24 Å². The van der Waals surface area contributed by atoms with Crippen LogP contribution in [-0.2, 0) is 4.79 Å². The summed E-state index contributed by atoms with van der Waals surface area (Å²) in [4.78, 5) is 28.5. The molecule has 0 aromatic heterocycles. The molecule has 2 amide bonds. The summed E-state index contributed by atoms with van der Waals surface area (Å²) in [5.74, 6) is 1.31. The van der Waals surface area contributed by atoms with Crippen molar-refractivity contribution in [3.63, 3.8) is 0 Å². The van der Waals surface area contributed by atoms with Crippen LogP contribution in [0.5, 0.6) is 0 Å². The number of nitrogens with one attached hydrogen (secondary N) is 1. The maximum absolute atomic E-state index is 11.7. The highest BCUT2D eigenvalue weighted by atomic mass is 32.2. The quantitative estimate of drug-likeness (QED) is 0.707. The number of hydrogen-bond donors (Lipinski definition) is 1. The predicted molar refractivity (Wildman–Crippen MR) is 59.1 cm³/mol. The zero-order valence-corrected chi connectivity index (χ0v) is 9.56. The first-order valence-corrected chi connectivity index (χ1v) is 5.80. The Morgan fingerprint density at radius 2 is 2.40 bits per heavy atom. The van der Waals surface area contributed by atoms with Crippen LogP contribution in [0.15, 0.2) is 4.99 Å². The van der Waals surface area contributed by atoms with Crippen LogP contribution in [0.2, 0.25) is 0 Å². The number of carbonyl (C=O) groups excluding carboxylic acids is 2. The molecule has 1 fully saturated rings. The molecule has 0 aliphatic carbocycles. The molecule has 1 atom stereocenters. The van der Waals surface area contributed by atoms with Crippen molar-refractivity contribution in [2.75, 3.05) is 19.3 Å². The maximum atomic E-state index is 11.7. The van der Waals surface area contributed by atoms with Crippen molar-refractivity contribution in [1.82, 2.24) is 10.2 Å². The summed E-state index contributed by atoms with van der Waals surface area (Å²) in [5.41, 5.74) is -0.515. The maximum Gasteiger partial charge on any atom is 0.306 e. The third-order valence-corrected chi connectivity index (χ3v) is 3.73. The van der Waals surface area contributed by atoms with Crippen molar-refractivity contribution in [3.05, 3.63) is 0 Å². The van der Waals surface area contributed by atoms with Crippen LogP contribution in [-0.4, -0.2) is 46.8 Å². The molecule has 1 N–H and O–H groups in total. The second-order valence-electron chi connectivity index (χ2n) is 3.84. The van der Waals surface area contributed by atoms with Gasteiger partial charge in [0.2, 0.25) is 5.91 Å². The molecule has 0 saturated carbocycles. The number of thioether (sulfide) groups is 1. The number of amidine groups is 1. The van der Waals surface area contributed by atoms with Crippen molar-refractivity contribution in [2.45, 2.75) is 18.9 Å². The van der Waals surface area contributed by atoms with Crippen LogP contribution < -0.4 is 5.32 Å². The molecule has 6 heteroatoms. The second-order valence-corrected chi connectivity index (χ2v) is 4.76. The van der Waals surface area contributed by atoms with Gasteiger partial charge in [0.05, 0.1) is 5.75 Å². The monoisotopic (exact) mass is 227 g/mol. The highest BCUT2D eigenvalue weighted by Gasteiger charge is 2.48. The van der Waals surface area contributed by atoms with Crippen LogP contribution in [0.4, 0.5) is 4.79 Å². The molecule has 2 rings (SSSR count). The fourth-order valence-corrected chi connectivity index (χ4v) is 2.56. The van der Waals surface area contributed by atoms with Gasteiger partial charge in [0.15, 0.2) is 0 Å². The fourth-order valence-electron chi connectivity index (χ4n) is 1.91. The van der Waals surface area contributed by atoms with Crippen LogP contribution in [0.3, 0.4) is 0 Å². The minimum absolute atomic E-state index is 0.0131. The van der Waals surface area contributed by atoms with Gasteiger partial charge in [0.1, 0.15) is 11.4 Å². The molecule has 15 heavy (non-hydrogen) atoms. The lowest BCUT2D eigenvalue weighted by Gasteiger charge is -2.50. The van der Waals surface area contributed by atoms with Gasteiger partial charge in [-0.1, -0.05) is 11.8 Å². The van der Waals surface area contributed by atoms with Gasteiger partial charge in [-0.15, -0.1) is 0 Å². The number of aliphatic imine (C=N–C) groups is 1. The van der Waals surface area contributed by atoms with Crippen LogP contribution >= 0.6 is 11.8 Å². The summed E-state index contributed by atoms with van der Waals surface area (Å²) >= 11 is 1.19. The average Bonchev–Trinajstić information content (AvgIpc) is 2.60. The van der Waals surface area contributed by atoms with E-state index >= 15 is 0 Å². The minimum atomic E-state index is -0.515. The molecular formula is C9H13N3O2S. The van der Waals surface area contributed by atoms with Gasteiger partial charge in [0.25, 0.3) is 0 Å². The summed E-state index contributed by atoms with van der Waals surface area (Å²) in [5, 5.41) is 2.49. The third-order valence-electron chi connectivity index (χ3n) is 2.99. The van der Waals surface area contributed by atoms with Crippen molar-refractivity contribution in [3.8, 4) is 0 Å². The van der Waals surface area contributed by atoms with Crippen LogP contribution in [0, 0.1) is 0 Å². The summed E-state index contributed by atoms with van der Waals surface area (Å²) in [6.07, 6.45) is 0.810. The van der Waals surface area contributed by atoms with E-state index in [0.29, 0.717) is 5.75 Å². The van der Waals surface area contributed by atoms with E-state index in [4.69, 9.17) is 0 Å². The SMILES string of the molecule is CNC(=O)C1(C)CCN1C1=NC(=O)SC1. The molecule has 0 bridgehead atoms. The summed E-state index contributed by atoms with van der Waals surface area (Å²) in [7, 11) is 1.63. The third kappa shape index (κ3) is 1.52. The first-order chi connectivity index (χ1) is 7.08. The van der Waals surface area contributed by atoms with Gasteiger partial charge in [-0.25, -0.2) is 0 Å². The number of hydrogen-bond acceptors (Lipinski definition) is 4. The van der Waals surface area contributed by atoms with E-state index in [2.05, 4.69) is 10.3 Å². The molecule has 0 spiro atoms. The number of nitrogens with zero attached hydrogens (tertiary/aromatic N) is 2. The van der Waals surface area contributed by atoms with E-state index in [-0.39, 0.29) is 11.1 Å². The Morgan fingerprint density at radius 1 is 1.67 bits per heavy atom. The van der Waals surface area contributed by atoms with Crippen molar-refractivity contribution >= 4 is 28.7 Å². The van der Waals surface area contributed by atoms with Crippen LogP contribution in [0.1, 0.15) is 13.3 Å². The molecule has 1 saturated heterocycles. The first kappa shape index (κ1) is 10.5. The van der Waals surface area contributed by atoms with E-state index in [1.807, 2.05) is 11.8 Å². The van der Waals surface area contributed by atoms with E-state index in [1.165, 1.54) is 11.8 Å². The fraction of sp³-hybridized carbons (Fsp3) is 0.667. The summed E-state index contributed by atoms with van der Waals surface area (Å²) in [6, 6.07) is 0. The largest absolute Gasteiger partial charge is 0.357 e. The van der Waals surface area contributed by atoms with E-state index < -0.39 is 5.54 Å². The van der Waals surface area contributed by atoms with Gasteiger partial charge in [-0.3, -0.25) is 9.59 Å². The molecule has 2 aliphatic rings. The lowest BCUT2D eigenvalue weighted by atomic mass is 9.85. The molecule has 0 aromatic rings. The lowest BCUT2D eigenvalue weighted by molar-refractivity contribution is -0.135. The van der Waals surface area contributed by atoms with E-state index in [1.54, 1.807) is 7.05 Å². The Hall–Kier alpha value is -1.04. The Labute approximate surface area is 92.3 Å². The van der Waals surface area contributed by atoms with Gasteiger partial charge < -0.3 is 10.2 Å². The van der Waals surface area contributed by atoms with E-state index in [9.17, 15) is 9.59 Å². The lowest BCUT2D eigenvalue weighted by Crippen LogP contribution is -2.67. The van der Waals surface area contributed by atoms with Crippen molar-refractivity contribution < 1.29 is 9.59 Å². The molecule has 2 aliphatic heterocycles. The van der Waals surface area contributed by atoms with Gasteiger partial charge in [-0.2, -0.15) is 4.99 Å². The van der Waals surface area contributed by atoms with Crippen molar-refractivity contribution in [1.29, 1.82) is 0 Å². The Kier molecular flexibility index (Phi) is 2.46. The zero-order valence-electron chi connectivity index (χ0n) is 8.74. The molecule has 0 radical (unpaired) electrons. The number of rotatable bonds is 1. The normalized spacial score (nSPS) is 29.9. The molecule has 2 heterocycles. The summed E-state index contributed by atoms with van der Waals surface area (Å²) < 4.78 is 0. The predicted octanol–water partition coefficient (Wildman–Crippen LogP) is 0.462. The van der Waals surface area contributed by atoms with E-state index in [0.717, 1.165) is 18.8 Å². The van der Waals surface area contributed by atoms with Crippen LogP contribution in [0.25, 0.3) is 0 Å². The molecule has 0 aromatic carbocycles. The van der Waals surface area contributed by atoms with Gasteiger partial charge in [0, 0.05) is 13.6 Å². The van der Waals surface area contributed by atoms with Crippen molar-refractivity contribution in [2.24, 2.45) is 4.99 Å². The highest BCUT2D eigenvalue weighted by molar-refractivity contribution is 8.14. The number of likely N-dealkylation sites (N-methyl/N-ethyl adjacent to an activating group) is 1. The van der Waals surface area contributed by atoms with Gasteiger partial charge in [-0.05, 0) is 13.3 Å². The number of likely N-dealkylation sites (tertiary alicyclic amines) is 1. The zero-order chi connectivity index (χ0) is 11.1. The topological polar surface area (TPSA) is 61.8 Å². The number of carbonyl (C=O) groups is 2. The minimum Gasteiger partial charge on any atom is -0.357 e. The molecule has 1 unspecified atom stereocenters. The smallest absolute Gasteiger partial charge is 0.306 e. The molecular weight excluding hydrogens is 214 g/mol. The molecule has 82 valence electrons. The standard InChI is InChI=1S/C9H13N3O2S/c1-9(7(13)10-2)3-4-12(9)6-5-15-8(14)11-6/h3-5H2,1-2H3,(H,10,13). The number of amides is 2. The molecule has 5 nitrogen and oxygen atoms in total. The Balaban J connectivity index is 2.15. The Morgan fingerprint density at radius 3 is 2.80 bits per heavy atom. The first-order valence-electron chi connectivity index (χ1n) is 4.82. The average molecular weight is 227 g/mol. The second kappa shape index (κ2) is 3.52. The highest BCUT2D eigenvalue weighted by Crippen LogP contribution is 2.33.